The van der Waals surface area contributed by atoms with E-state index >= 15 is 0 Å². The summed E-state index contributed by atoms with van der Waals surface area (Å²) in [5.74, 6) is 2.62. The number of carbonyl (C=O) groups is 1. The number of hydrogen-bond acceptors (Lipinski definition) is 2. The number of carbonyl (C=O) groups excluding carboxylic acids is 1. The second-order valence-corrected chi connectivity index (χ2v) is 7.23. The number of terminal acetylenes is 1. The predicted molar refractivity (Wildman–Crippen MR) is 96.7 cm³/mol. The SMILES string of the molecule is C#C/C=C(\C)Br.C=C1CCN(CCN2CCC[C@H]2C)C(=O)C1. The van der Waals surface area contributed by atoms with Crippen LogP contribution in [0.25, 0.3) is 0 Å². The van der Waals surface area contributed by atoms with Crippen LogP contribution in [-0.2, 0) is 4.79 Å². The third kappa shape index (κ3) is 6.81. The molecule has 0 aromatic carbocycles. The molecule has 0 unspecified atom stereocenters. The van der Waals surface area contributed by atoms with Crippen LogP contribution in [0.15, 0.2) is 22.7 Å². The van der Waals surface area contributed by atoms with Crippen molar-refractivity contribution in [3.05, 3.63) is 22.7 Å². The number of nitrogens with zero attached hydrogens (tertiary/aromatic N) is 2. The van der Waals surface area contributed by atoms with Crippen molar-refractivity contribution in [2.75, 3.05) is 26.2 Å². The minimum atomic E-state index is 0.267. The Morgan fingerprint density at radius 3 is 2.68 bits per heavy atom. The second kappa shape index (κ2) is 9.86. The fourth-order valence-corrected chi connectivity index (χ4v) is 2.89. The van der Waals surface area contributed by atoms with Gasteiger partial charge >= 0.3 is 0 Å². The lowest BCUT2D eigenvalue weighted by Gasteiger charge is -2.30. The molecule has 0 aliphatic carbocycles. The molecule has 0 saturated carbocycles. The van der Waals surface area contributed by atoms with Crippen molar-refractivity contribution in [3.8, 4) is 12.3 Å². The molecule has 0 N–H and O–H groups in total. The highest BCUT2D eigenvalue weighted by atomic mass is 79.9. The lowest BCUT2D eigenvalue weighted by Crippen LogP contribution is -2.42. The van der Waals surface area contributed by atoms with Gasteiger partial charge in [-0.05, 0) is 45.7 Å². The molecule has 0 spiro atoms. The molecule has 2 fully saturated rings. The molecule has 2 heterocycles. The van der Waals surface area contributed by atoms with Crippen LogP contribution < -0.4 is 0 Å². The van der Waals surface area contributed by atoms with Crippen LogP contribution in [0.3, 0.4) is 0 Å². The average Bonchev–Trinajstić information content (AvgIpc) is 2.84. The van der Waals surface area contributed by atoms with E-state index in [-0.39, 0.29) is 5.91 Å². The number of allylic oxidation sites excluding steroid dienone is 2. The largest absolute Gasteiger partial charge is 0.341 e. The van der Waals surface area contributed by atoms with Crippen LogP contribution >= 0.6 is 15.9 Å². The lowest BCUT2D eigenvalue weighted by atomic mass is 10.1. The normalized spacial score (nSPS) is 23.1. The molecule has 0 aromatic heterocycles. The molecule has 22 heavy (non-hydrogen) atoms. The van der Waals surface area contributed by atoms with Crippen LogP contribution in [0.5, 0.6) is 0 Å². The monoisotopic (exact) mass is 366 g/mol. The summed E-state index contributed by atoms with van der Waals surface area (Å²) in [6.45, 7) is 12.1. The Kier molecular flexibility index (Phi) is 8.52. The first kappa shape index (κ1) is 19.0. The quantitative estimate of drug-likeness (QED) is 0.563. The van der Waals surface area contributed by atoms with Gasteiger partial charge < -0.3 is 4.90 Å². The highest BCUT2D eigenvalue weighted by Crippen LogP contribution is 2.18. The molecule has 4 heteroatoms. The fraction of sp³-hybridized carbons (Fsp3) is 0.611. The number of hydrogen-bond donors (Lipinski definition) is 0. The Morgan fingerprint density at radius 2 is 2.23 bits per heavy atom. The molecule has 2 aliphatic rings. The van der Waals surface area contributed by atoms with E-state index in [1.165, 1.54) is 19.4 Å². The summed E-state index contributed by atoms with van der Waals surface area (Å²) in [6.07, 6.45) is 10.7. The summed E-state index contributed by atoms with van der Waals surface area (Å²) in [5, 5.41) is 0. The second-order valence-electron chi connectivity index (χ2n) is 5.98. The third-order valence-electron chi connectivity index (χ3n) is 4.12. The Morgan fingerprint density at radius 1 is 1.50 bits per heavy atom. The molecule has 122 valence electrons. The van der Waals surface area contributed by atoms with Gasteiger partial charge in [-0.1, -0.05) is 34.0 Å². The third-order valence-corrected chi connectivity index (χ3v) is 4.35. The first-order valence-corrected chi connectivity index (χ1v) is 8.70. The van der Waals surface area contributed by atoms with Crippen molar-refractivity contribution in [2.45, 2.75) is 45.6 Å². The standard InChI is InChI=1S/C13H22N2O.C5H5Br/c1-11-5-7-15(13(16)10-11)9-8-14-6-3-4-12(14)2;1-3-4-5(2)6/h12H,1,3-10H2,2H3;1,4H,2H3/b;5-4+/t12-;/m1./s1. The van der Waals surface area contributed by atoms with Gasteiger partial charge in [0.15, 0.2) is 0 Å². The van der Waals surface area contributed by atoms with Gasteiger partial charge in [-0.15, -0.1) is 6.42 Å². The average molecular weight is 367 g/mol. The van der Waals surface area contributed by atoms with E-state index in [0.717, 1.165) is 36.1 Å². The van der Waals surface area contributed by atoms with E-state index < -0.39 is 0 Å². The van der Waals surface area contributed by atoms with Gasteiger partial charge in [0, 0.05) is 36.6 Å². The maximum absolute atomic E-state index is 11.7. The minimum Gasteiger partial charge on any atom is -0.341 e. The molecule has 3 nitrogen and oxygen atoms in total. The van der Waals surface area contributed by atoms with E-state index in [1.54, 1.807) is 6.08 Å². The van der Waals surface area contributed by atoms with Crippen LogP contribution in [0.4, 0.5) is 0 Å². The zero-order valence-electron chi connectivity index (χ0n) is 13.8. The zero-order valence-corrected chi connectivity index (χ0v) is 15.4. The van der Waals surface area contributed by atoms with Gasteiger partial charge in [0.2, 0.25) is 5.91 Å². The summed E-state index contributed by atoms with van der Waals surface area (Å²) in [6, 6.07) is 0.704. The van der Waals surface area contributed by atoms with Crippen molar-refractivity contribution in [1.29, 1.82) is 0 Å². The molecule has 0 radical (unpaired) electrons. The summed E-state index contributed by atoms with van der Waals surface area (Å²) < 4.78 is 0.991. The molecular formula is C18H27BrN2O. The van der Waals surface area contributed by atoms with E-state index in [4.69, 9.17) is 6.42 Å². The number of piperidine rings is 1. The smallest absolute Gasteiger partial charge is 0.226 e. The maximum atomic E-state index is 11.7. The van der Waals surface area contributed by atoms with Crippen molar-refractivity contribution in [3.63, 3.8) is 0 Å². The van der Waals surface area contributed by atoms with Gasteiger partial charge in [0.1, 0.15) is 0 Å². The highest BCUT2D eigenvalue weighted by molar-refractivity contribution is 9.11. The first-order chi connectivity index (χ1) is 10.4. The number of amides is 1. The minimum absolute atomic E-state index is 0.267. The molecule has 1 atom stereocenters. The molecule has 2 rings (SSSR count). The number of rotatable bonds is 3. The molecular weight excluding hydrogens is 340 g/mol. The van der Waals surface area contributed by atoms with E-state index in [2.05, 4.69) is 40.3 Å². The molecule has 0 aromatic rings. The lowest BCUT2D eigenvalue weighted by molar-refractivity contribution is -0.131. The summed E-state index contributed by atoms with van der Waals surface area (Å²) in [5.41, 5.74) is 1.09. The van der Waals surface area contributed by atoms with E-state index in [0.29, 0.717) is 12.5 Å². The van der Waals surface area contributed by atoms with Crippen molar-refractivity contribution in [1.82, 2.24) is 9.80 Å². The summed E-state index contributed by atoms with van der Waals surface area (Å²) in [7, 11) is 0. The molecule has 0 bridgehead atoms. The Bertz CT molecular complexity index is 460. The topological polar surface area (TPSA) is 23.6 Å². The van der Waals surface area contributed by atoms with Crippen LogP contribution in [0, 0.1) is 12.3 Å². The van der Waals surface area contributed by atoms with Crippen LogP contribution in [0.1, 0.15) is 39.5 Å². The Labute approximate surface area is 143 Å². The summed E-state index contributed by atoms with van der Waals surface area (Å²) in [4.78, 5) is 16.2. The van der Waals surface area contributed by atoms with Crippen molar-refractivity contribution < 1.29 is 4.79 Å². The fourth-order valence-electron chi connectivity index (χ4n) is 2.76. The highest BCUT2D eigenvalue weighted by Gasteiger charge is 2.23. The maximum Gasteiger partial charge on any atom is 0.226 e. The van der Waals surface area contributed by atoms with Gasteiger partial charge in [-0.2, -0.15) is 0 Å². The zero-order chi connectivity index (χ0) is 16.5. The van der Waals surface area contributed by atoms with E-state index in [1.807, 2.05) is 11.8 Å². The number of likely N-dealkylation sites (tertiary alicyclic amines) is 2. The van der Waals surface area contributed by atoms with Gasteiger partial charge in [-0.3, -0.25) is 9.69 Å². The summed E-state index contributed by atoms with van der Waals surface area (Å²) >= 11 is 3.15. The van der Waals surface area contributed by atoms with Gasteiger partial charge in [0.05, 0.1) is 0 Å². The van der Waals surface area contributed by atoms with Gasteiger partial charge in [-0.25, -0.2) is 0 Å². The van der Waals surface area contributed by atoms with Gasteiger partial charge in [0.25, 0.3) is 0 Å². The molecule has 1 amide bonds. The Hall–Kier alpha value is -1.05. The van der Waals surface area contributed by atoms with E-state index in [9.17, 15) is 4.79 Å². The van der Waals surface area contributed by atoms with Crippen molar-refractivity contribution in [2.24, 2.45) is 0 Å². The van der Waals surface area contributed by atoms with Crippen LogP contribution in [0.2, 0.25) is 0 Å². The predicted octanol–water partition coefficient (Wildman–Crippen LogP) is 3.57. The number of halogens is 1. The molecule has 2 aliphatic heterocycles. The van der Waals surface area contributed by atoms with Crippen molar-refractivity contribution >= 4 is 21.8 Å². The first-order valence-electron chi connectivity index (χ1n) is 7.91. The van der Waals surface area contributed by atoms with Crippen LogP contribution in [-0.4, -0.2) is 47.9 Å². The Balaban J connectivity index is 0.000000346. The molecule has 2 saturated heterocycles.